The van der Waals surface area contributed by atoms with Gasteiger partial charge < -0.3 is 15.4 Å². The predicted octanol–water partition coefficient (Wildman–Crippen LogP) is -0.827. The van der Waals surface area contributed by atoms with E-state index in [-0.39, 0.29) is 24.6 Å². The minimum absolute atomic E-state index is 0.193. The van der Waals surface area contributed by atoms with Crippen LogP contribution in [0.5, 0.6) is 0 Å². The number of nitrogens with one attached hydrogen (secondary N) is 2. The molecule has 0 spiro atoms. The summed E-state index contributed by atoms with van der Waals surface area (Å²) in [5.41, 5.74) is 0. The summed E-state index contributed by atoms with van der Waals surface area (Å²) >= 11 is 0. The van der Waals surface area contributed by atoms with Crippen molar-refractivity contribution in [1.29, 1.82) is 0 Å². The summed E-state index contributed by atoms with van der Waals surface area (Å²) in [6.07, 6.45) is 1.28. The molecule has 1 aliphatic heterocycles. The van der Waals surface area contributed by atoms with Crippen LogP contribution in [0.1, 0.15) is 6.42 Å². The summed E-state index contributed by atoms with van der Waals surface area (Å²) in [5, 5.41) is 5.53. The Labute approximate surface area is 107 Å². The molecule has 1 fully saturated rings. The number of carbonyl (C=O) groups is 1. The molecule has 0 radical (unpaired) electrons. The number of morpholine rings is 1. The minimum Gasteiger partial charge on any atom is -0.379 e. The van der Waals surface area contributed by atoms with Crippen LogP contribution in [-0.2, 0) is 19.6 Å². The summed E-state index contributed by atoms with van der Waals surface area (Å²) in [6, 6.07) is 0. The largest absolute Gasteiger partial charge is 0.379 e. The normalized spacial score (nSPS) is 15.2. The van der Waals surface area contributed by atoms with Crippen LogP contribution in [0.2, 0.25) is 0 Å². The highest BCUT2D eigenvalue weighted by atomic mass is 32.2. The fraction of sp³-hybridized carbons (Fsp3) is 0.700. The van der Waals surface area contributed by atoms with E-state index in [0.29, 0.717) is 0 Å². The molecule has 0 atom stereocenters. The van der Waals surface area contributed by atoms with Crippen molar-refractivity contribution >= 4 is 16.0 Å². The van der Waals surface area contributed by atoms with E-state index in [1.807, 2.05) is 0 Å². The Balaban J connectivity index is 0.000000397. The highest BCUT2D eigenvalue weighted by Crippen LogP contribution is 1.86. The molecule has 8 heteroatoms. The maximum Gasteiger partial charge on any atom is 0.264 e. The molecule has 0 bridgehead atoms. The van der Waals surface area contributed by atoms with E-state index in [2.05, 4.69) is 17.2 Å². The number of rotatable bonds is 5. The van der Waals surface area contributed by atoms with Crippen molar-refractivity contribution in [2.75, 3.05) is 38.6 Å². The average molecular weight is 280 g/mol. The van der Waals surface area contributed by atoms with Gasteiger partial charge in [-0.2, -0.15) is 8.42 Å². The van der Waals surface area contributed by atoms with Crippen molar-refractivity contribution < 1.29 is 22.5 Å². The molecule has 106 valence electrons. The molecule has 0 aromatic carbocycles. The zero-order valence-corrected chi connectivity index (χ0v) is 11.0. The third kappa shape index (κ3) is 13.1. The third-order valence-corrected chi connectivity index (χ3v) is 2.71. The molecule has 1 heterocycles. The molecule has 0 aliphatic carbocycles. The Hall–Kier alpha value is -0.960. The van der Waals surface area contributed by atoms with Gasteiger partial charge >= 0.3 is 0 Å². The highest BCUT2D eigenvalue weighted by Gasteiger charge is 2.03. The molecule has 0 saturated carbocycles. The maximum absolute atomic E-state index is 10.5. The molecule has 1 aliphatic rings. The van der Waals surface area contributed by atoms with Crippen molar-refractivity contribution in [2.24, 2.45) is 0 Å². The van der Waals surface area contributed by atoms with Crippen LogP contribution >= 0.6 is 0 Å². The van der Waals surface area contributed by atoms with Crippen LogP contribution in [0.4, 0.5) is 0 Å². The van der Waals surface area contributed by atoms with Crippen LogP contribution in [0, 0.1) is 0 Å². The summed E-state index contributed by atoms with van der Waals surface area (Å²) in [4.78, 5) is 10.5. The van der Waals surface area contributed by atoms with Gasteiger partial charge in [-0.25, -0.2) is 0 Å². The topological polar surface area (TPSA) is 105 Å². The number of ether oxygens (including phenoxy) is 1. The van der Waals surface area contributed by atoms with Crippen LogP contribution in [0.25, 0.3) is 0 Å². The molecule has 0 aromatic heterocycles. The van der Waals surface area contributed by atoms with E-state index in [9.17, 15) is 13.2 Å². The smallest absolute Gasteiger partial charge is 0.264 e. The van der Waals surface area contributed by atoms with Crippen LogP contribution in [0.3, 0.4) is 0 Å². The first kappa shape index (κ1) is 17.0. The van der Waals surface area contributed by atoms with Crippen molar-refractivity contribution in [3.63, 3.8) is 0 Å². The second-order valence-electron chi connectivity index (χ2n) is 3.50. The van der Waals surface area contributed by atoms with Crippen molar-refractivity contribution in [3.8, 4) is 0 Å². The fourth-order valence-corrected chi connectivity index (χ4v) is 1.56. The van der Waals surface area contributed by atoms with Crippen molar-refractivity contribution in [2.45, 2.75) is 6.42 Å². The van der Waals surface area contributed by atoms with Gasteiger partial charge in [-0.1, -0.05) is 6.58 Å². The molecular weight excluding hydrogens is 260 g/mol. The van der Waals surface area contributed by atoms with Gasteiger partial charge in [0.2, 0.25) is 5.91 Å². The Morgan fingerprint density at radius 2 is 2.06 bits per heavy atom. The Morgan fingerprint density at radius 3 is 2.39 bits per heavy atom. The summed E-state index contributed by atoms with van der Waals surface area (Å²) in [7, 11) is -3.91. The summed E-state index contributed by atoms with van der Waals surface area (Å²) in [6.45, 7) is 7.25. The van der Waals surface area contributed by atoms with E-state index in [0.717, 1.165) is 32.4 Å². The molecule has 7 nitrogen and oxygen atoms in total. The van der Waals surface area contributed by atoms with E-state index in [4.69, 9.17) is 9.29 Å². The maximum atomic E-state index is 10.5. The highest BCUT2D eigenvalue weighted by molar-refractivity contribution is 7.85. The van der Waals surface area contributed by atoms with E-state index < -0.39 is 10.1 Å². The van der Waals surface area contributed by atoms with E-state index >= 15 is 0 Å². The summed E-state index contributed by atoms with van der Waals surface area (Å²) in [5.74, 6) is -0.699. The molecular formula is C10H20N2O5S. The zero-order chi connectivity index (χ0) is 13.9. The fourth-order valence-electron chi connectivity index (χ4n) is 1.05. The molecule has 18 heavy (non-hydrogen) atoms. The zero-order valence-electron chi connectivity index (χ0n) is 10.2. The Kier molecular flexibility index (Phi) is 9.47. The first-order chi connectivity index (χ1) is 8.45. The van der Waals surface area contributed by atoms with Crippen LogP contribution in [0.15, 0.2) is 12.7 Å². The lowest BCUT2D eigenvalue weighted by molar-refractivity contribution is -0.116. The van der Waals surface area contributed by atoms with Crippen LogP contribution in [-0.4, -0.2) is 57.5 Å². The monoisotopic (exact) mass is 280 g/mol. The van der Waals surface area contributed by atoms with E-state index in [1.54, 1.807) is 0 Å². The predicted molar refractivity (Wildman–Crippen MR) is 67.9 cm³/mol. The average Bonchev–Trinajstić information content (AvgIpc) is 2.36. The lowest BCUT2D eigenvalue weighted by Crippen LogP contribution is -2.30. The molecule has 1 rings (SSSR count). The van der Waals surface area contributed by atoms with Crippen molar-refractivity contribution in [3.05, 3.63) is 12.7 Å². The van der Waals surface area contributed by atoms with Gasteiger partial charge in [0, 0.05) is 19.6 Å². The van der Waals surface area contributed by atoms with Crippen molar-refractivity contribution in [1.82, 2.24) is 10.6 Å². The number of carbonyl (C=O) groups excluding carboxylic acids is 1. The lowest BCUT2D eigenvalue weighted by atomic mass is 10.4. The second-order valence-corrected chi connectivity index (χ2v) is 5.07. The van der Waals surface area contributed by atoms with Gasteiger partial charge in [-0.05, 0) is 12.5 Å². The standard InChI is InChI=1S/C6H11NO4S.C4H9NO/c1-2-6(8)7-4-3-5-12(9,10)11;1-3-6-4-2-5-1/h2H,1,3-5H2,(H,7,8)(H,9,10,11);5H,1-4H2. The molecule has 3 N–H and O–H groups in total. The Bertz CT molecular complexity index is 327. The van der Waals surface area contributed by atoms with Gasteiger partial charge in [0.25, 0.3) is 10.1 Å². The number of hydrogen-bond donors (Lipinski definition) is 3. The molecule has 0 aromatic rings. The molecule has 1 amide bonds. The third-order valence-electron chi connectivity index (χ3n) is 1.91. The first-order valence-corrected chi connectivity index (χ1v) is 7.20. The number of hydrogen-bond acceptors (Lipinski definition) is 5. The number of amides is 1. The van der Waals surface area contributed by atoms with Gasteiger partial charge in [0.1, 0.15) is 0 Å². The van der Waals surface area contributed by atoms with Gasteiger partial charge in [-0.3, -0.25) is 9.35 Å². The Morgan fingerprint density at radius 1 is 1.44 bits per heavy atom. The van der Waals surface area contributed by atoms with Crippen LogP contribution < -0.4 is 10.6 Å². The van der Waals surface area contributed by atoms with E-state index in [1.165, 1.54) is 0 Å². The van der Waals surface area contributed by atoms with Gasteiger partial charge in [-0.15, -0.1) is 0 Å². The quantitative estimate of drug-likeness (QED) is 0.345. The second kappa shape index (κ2) is 10.0. The molecule has 1 saturated heterocycles. The lowest BCUT2D eigenvalue weighted by Gasteiger charge is -2.10. The van der Waals surface area contributed by atoms with Gasteiger partial charge in [0.05, 0.1) is 19.0 Å². The summed E-state index contributed by atoms with van der Waals surface area (Å²) < 4.78 is 33.6. The SMILES string of the molecule is C1COCCN1.C=CC(=O)NCCCS(=O)(=O)O. The molecule has 0 unspecified atom stereocenters. The van der Waals surface area contributed by atoms with Gasteiger partial charge in [0.15, 0.2) is 0 Å². The minimum atomic E-state index is -3.91. The first-order valence-electron chi connectivity index (χ1n) is 5.59.